The fraction of sp³-hybridized carbons (Fsp3) is 0.500. The highest BCUT2D eigenvalue weighted by atomic mass is 79.9. The molecule has 0 aromatic heterocycles. The highest BCUT2D eigenvalue weighted by Gasteiger charge is 1.96. The van der Waals surface area contributed by atoms with Crippen molar-refractivity contribution in [2.24, 2.45) is 0 Å². The Morgan fingerprint density at radius 1 is 1.44 bits per heavy atom. The maximum absolute atomic E-state index is 9.04. The quantitative estimate of drug-likeness (QED) is 0.756. The fourth-order valence-corrected chi connectivity index (χ4v) is 1.61. The number of nitrogens with one attached hydrogen (secondary N) is 1. The van der Waals surface area contributed by atoms with Gasteiger partial charge in [-0.3, -0.25) is 0 Å². The molecule has 0 spiro atoms. The second kappa shape index (κ2) is 7.65. The van der Waals surface area contributed by atoms with Crippen molar-refractivity contribution in [3.05, 3.63) is 28.7 Å². The molecule has 1 rings (SSSR count). The number of hydrogen-bond acceptors (Lipinski definition) is 3. The van der Waals surface area contributed by atoms with Crippen molar-refractivity contribution < 1.29 is 9.84 Å². The predicted molar refractivity (Wildman–Crippen MR) is 68.8 cm³/mol. The summed E-state index contributed by atoms with van der Waals surface area (Å²) in [6.45, 7) is 4.04. The van der Waals surface area contributed by atoms with Gasteiger partial charge in [-0.25, -0.2) is 0 Å². The van der Waals surface area contributed by atoms with Gasteiger partial charge in [0, 0.05) is 11.0 Å². The van der Waals surface area contributed by atoms with Crippen LogP contribution < -0.4 is 10.1 Å². The van der Waals surface area contributed by atoms with E-state index in [1.54, 1.807) is 6.92 Å². The van der Waals surface area contributed by atoms with Crippen LogP contribution in [0.5, 0.6) is 5.75 Å². The smallest absolute Gasteiger partial charge is 0.120 e. The maximum atomic E-state index is 9.04. The molecule has 1 aromatic rings. The first-order valence-electron chi connectivity index (χ1n) is 5.45. The summed E-state index contributed by atoms with van der Waals surface area (Å²) in [5.74, 6) is 0.867. The molecule has 3 nitrogen and oxygen atoms in total. The van der Waals surface area contributed by atoms with Crippen LogP contribution in [0.3, 0.4) is 0 Å². The Balaban J connectivity index is 2.07. The minimum absolute atomic E-state index is 0.238. The van der Waals surface area contributed by atoms with Crippen LogP contribution in [0.2, 0.25) is 0 Å². The summed E-state index contributed by atoms with van der Waals surface area (Å²) in [6.07, 6.45) is 0.537. The number of halogens is 1. The normalized spacial score (nSPS) is 12.4. The molecule has 0 aliphatic heterocycles. The molecule has 0 aliphatic carbocycles. The molecule has 0 radical (unpaired) electrons. The molecule has 16 heavy (non-hydrogen) atoms. The molecule has 1 aromatic carbocycles. The Morgan fingerprint density at radius 2 is 2.25 bits per heavy atom. The van der Waals surface area contributed by atoms with Gasteiger partial charge in [-0.05, 0) is 38.1 Å². The molecule has 4 heteroatoms. The molecule has 0 heterocycles. The van der Waals surface area contributed by atoms with Crippen LogP contribution in [-0.2, 0) is 0 Å². The van der Waals surface area contributed by atoms with Crippen LogP contribution in [0.4, 0.5) is 0 Å². The molecule has 1 unspecified atom stereocenters. The van der Waals surface area contributed by atoms with Gasteiger partial charge in [0.1, 0.15) is 12.4 Å². The lowest BCUT2D eigenvalue weighted by atomic mass is 10.3. The Hall–Kier alpha value is -0.580. The van der Waals surface area contributed by atoms with Crippen LogP contribution in [0.15, 0.2) is 28.7 Å². The minimum Gasteiger partial charge on any atom is -0.492 e. The highest BCUT2D eigenvalue weighted by Crippen LogP contribution is 2.17. The van der Waals surface area contributed by atoms with Gasteiger partial charge in [0.05, 0.1) is 6.10 Å². The van der Waals surface area contributed by atoms with Gasteiger partial charge >= 0.3 is 0 Å². The average Bonchev–Trinajstić information content (AvgIpc) is 2.23. The summed E-state index contributed by atoms with van der Waals surface area (Å²) >= 11 is 3.39. The molecule has 0 amide bonds. The minimum atomic E-state index is -0.238. The largest absolute Gasteiger partial charge is 0.492 e. The number of aliphatic hydroxyl groups excluding tert-OH is 1. The van der Waals surface area contributed by atoms with E-state index in [2.05, 4.69) is 21.2 Å². The zero-order chi connectivity index (χ0) is 11.8. The molecule has 0 aliphatic rings. The highest BCUT2D eigenvalue weighted by molar-refractivity contribution is 9.10. The van der Waals surface area contributed by atoms with Crippen molar-refractivity contribution >= 4 is 15.9 Å². The van der Waals surface area contributed by atoms with E-state index in [9.17, 15) is 0 Å². The number of hydrogen-bond donors (Lipinski definition) is 2. The zero-order valence-electron chi connectivity index (χ0n) is 9.45. The summed E-state index contributed by atoms with van der Waals surface area (Å²) in [5, 5.41) is 12.2. The van der Waals surface area contributed by atoms with E-state index in [-0.39, 0.29) is 6.10 Å². The van der Waals surface area contributed by atoms with Crippen molar-refractivity contribution in [1.82, 2.24) is 5.32 Å². The number of rotatable bonds is 7. The topological polar surface area (TPSA) is 41.5 Å². The summed E-state index contributed by atoms with van der Waals surface area (Å²) in [7, 11) is 0. The first-order valence-corrected chi connectivity index (χ1v) is 6.25. The molecule has 0 saturated carbocycles. The van der Waals surface area contributed by atoms with Gasteiger partial charge in [0.25, 0.3) is 0 Å². The van der Waals surface area contributed by atoms with Gasteiger partial charge in [0.15, 0.2) is 0 Å². The summed E-state index contributed by atoms with van der Waals surface area (Å²) in [5.41, 5.74) is 0. The van der Waals surface area contributed by atoms with E-state index >= 15 is 0 Å². The molecule has 0 bridgehead atoms. The third-order valence-corrected chi connectivity index (χ3v) is 2.58. The van der Waals surface area contributed by atoms with Crippen molar-refractivity contribution in [1.29, 1.82) is 0 Å². The van der Waals surface area contributed by atoms with Crippen LogP contribution in [0.25, 0.3) is 0 Å². The number of ether oxygens (including phenoxy) is 1. The molecule has 0 fully saturated rings. The lowest BCUT2D eigenvalue weighted by molar-refractivity contribution is 0.182. The van der Waals surface area contributed by atoms with Crippen LogP contribution in [-0.4, -0.2) is 30.9 Å². The Bertz CT molecular complexity index is 305. The lowest BCUT2D eigenvalue weighted by Gasteiger charge is -2.08. The lowest BCUT2D eigenvalue weighted by Crippen LogP contribution is -2.24. The van der Waals surface area contributed by atoms with E-state index in [1.165, 1.54) is 0 Å². The van der Waals surface area contributed by atoms with Gasteiger partial charge in [-0.1, -0.05) is 22.0 Å². The van der Waals surface area contributed by atoms with E-state index in [4.69, 9.17) is 9.84 Å². The van der Waals surface area contributed by atoms with Gasteiger partial charge in [-0.15, -0.1) is 0 Å². The molecule has 0 saturated heterocycles. The van der Waals surface area contributed by atoms with Crippen molar-refractivity contribution in [2.75, 3.05) is 19.7 Å². The first-order chi connectivity index (χ1) is 7.68. The Morgan fingerprint density at radius 3 is 2.94 bits per heavy atom. The number of benzene rings is 1. The maximum Gasteiger partial charge on any atom is 0.120 e. The monoisotopic (exact) mass is 287 g/mol. The summed E-state index contributed by atoms with van der Waals surface area (Å²) in [4.78, 5) is 0. The van der Waals surface area contributed by atoms with Gasteiger partial charge in [0.2, 0.25) is 0 Å². The molecule has 90 valence electrons. The SMILES string of the molecule is CC(O)CCNCCOc1cccc(Br)c1. The van der Waals surface area contributed by atoms with Crippen LogP contribution in [0.1, 0.15) is 13.3 Å². The van der Waals surface area contributed by atoms with Crippen molar-refractivity contribution in [3.8, 4) is 5.75 Å². The first kappa shape index (κ1) is 13.5. The second-order valence-corrected chi connectivity index (χ2v) is 4.61. The fourth-order valence-electron chi connectivity index (χ4n) is 1.23. The van der Waals surface area contributed by atoms with Crippen molar-refractivity contribution in [2.45, 2.75) is 19.4 Å². The van der Waals surface area contributed by atoms with E-state index in [1.807, 2.05) is 24.3 Å². The molecule has 1 atom stereocenters. The standard InChI is InChI=1S/C12H18BrNO2/c1-10(15)5-6-14-7-8-16-12-4-2-3-11(13)9-12/h2-4,9-10,14-15H,5-8H2,1H3. The van der Waals surface area contributed by atoms with Crippen LogP contribution >= 0.6 is 15.9 Å². The third kappa shape index (κ3) is 6.10. The second-order valence-electron chi connectivity index (χ2n) is 3.69. The molecular formula is C12H18BrNO2. The summed E-state index contributed by atoms with van der Waals surface area (Å²) < 4.78 is 6.56. The molecular weight excluding hydrogens is 270 g/mol. The number of aliphatic hydroxyl groups is 1. The van der Waals surface area contributed by atoms with E-state index in [0.29, 0.717) is 6.61 Å². The third-order valence-electron chi connectivity index (χ3n) is 2.08. The average molecular weight is 288 g/mol. The Kier molecular flexibility index (Phi) is 6.45. The van der Waals surface area contributed by atoms with E-state index in [0.717, 1.165) is 29.7 Å². The van der Waals surface area contributed by atoms with Gasteiger partial charge in [-0.2, -0.15) is 0 Å². The Labute approximate surface area is 105 Å². The van der Waals surface area contributed by atoms with E-state index < -0.39 is 0 Å². The van der Waals surface area contributed by atoms with Crippen molar-refractivity contribution in [3.63, 3.8) is 0 Å². The summed E-state index contributed by atoms with van der Waals surface area (Å²) in [6, 6.07) is 7.78. The van der Waals surface area contributed by atoms with Gasteiger partial charge < -0.3 is 15.2 Å². The molecule has 2 N–H and O–H groups in total. The van der Waals surface area contributed by atoms with Crippen LogP contribution in [0, 0.1) is 0 Å². The zero-order valence-corrected chi connectivity index (χ0v) is 11.0. The predicted octanol–water partition coefficient (Wildman–Crippen LogP) is 2.19.